The second-order valence-corrected chi connectivity index (χ2v) is 3.53. The Balaban J connectivity index is 2.03. The van der Waals surface area contributed by atoms with Crippen molar-refractivity contribution in [2.75, 3.05) is 0 Å². The maximum Gasteiger partial charge on any atom is 0.337 e. The second-order valence-electron chi connectivity index (χ2n) is 3.53. The first-order valence-corrected chi connectivity index (χ1v) is 5.40. The molecule has 112 valence electrons. The van der Waals surface area contributed by atoms with Gasteiger partial charge in [0.25, 0.3) is 0 Å². The van der Waals surface area contributed by atoms with E-state index in [1.54, 1.807) is 0 Å². The number of hydrogen-bond acceptors (Lipinski definition) is 8. The van der Waals surface area contributed by atoms with Crippen molar-refractivity contribution in [2.45, 2.75) is 19.5 Å². The Hall–Kier alpha value is -3.46. The molecule has 0 amide bonds. The number of hydrogen-bond donors (Lipinski definition) is 2. The van der Waals surface area contributed by atoms with E-state index in [0.29, 0.717) is 6.42 Å². The molecule has 2 aromatic heterocycles. The molecule has 2 heterocycles. The first-order valence-electron chi connectivity index (χ1n) is 5.40. The lowest BCUT2D eigenvalue weighted by atomic mass is 10.4. The first-order chi connectivity index (χ1) is 10.1. The van der Waals surface area contributed by atoms with Crippen molar-refractivity contribution < 1.29 is 10.1 Å². The van der Waals surface area contributed by atoms with E-state index < -0.39 is 10.1 Å². The summed E-state index contributed by atoms with van der Waals surface area (Å²) in [6.07, 6.45) is 0.406. The van der Waals surface area contributed by atoms with Crippen LogP contribution in [0, 0.1) is 20.2 Å². The van der Waals surface area contributed by atoms with Gasteiger partial charge in [0.2, 0.25) is 0 Å². The van der Waals surface area contributed by atoms with E-state index >= 15 is 0 Å². The van der Waals surface area contributed by atoms with Crippen LogP contribution < -0.4 is 11.2 Å². The van der Waals surface area contributed by atoms with Gasteiger partial charge in [-0.25, -0.2) is 29.6 Å². The number of H-pyrrole nitrogens is 2. The van der Waals surface area contributed by atoms with E-state index in [1.807, 2.05) is 0 Å². The lowest BCUT2D eigenvalue weighted by Gasteiger charge is -2.00. The summed E-state index contributed by atoms with van der Waals surface area (Å²) in [5.41, 5.74) is -0.383. The highest BCUT2D eigenvalue weighted by atomic mass is 16.7. The molecule has 16 heteroatoms. The molecule has 2 N–H and O–H groups in total. The number of nitrogens with one attached hydrogen (secondary N) is 2. The molecule has 0 aliphatic heterocycles. The lowest BCUT2D eigenvalue weighted by Crippen LogP contribution is -2.25. The SMILES string of the molecule is O=[N+]([O-])/N=c1\nn[nH]n1CCCn1[nH]nn/c1=N\[N+](=O)[O-]. The van der Waals surface area contributed by atoms with Crippen molar-refractivity contribution in [3.8, 4) is 0 Å². The van der Waals surface area contributed by atoms with Crippen molar-refractivity contribution in [1.29, 1.82) is 0 Å². The van der Waals surface area contributed by atoms with Gasteiger partial charge >= 0.3 is 11.2 Å². The molecule has 16 nitrogen and oxygen atoms in total. The Bertz CT molecular complexity index is 696. The zero-order valence-corrected chi connectivity index (χ0v) is 10.2. The number of aromatic amines is 2. The van der Waals surface area contributed by atoms with Gasteiger partial charge in [-0.15, -0.1) is 0 Å². The van der Waals surface area contributed by atoms with Gasteiger partial charge in [0.1, 0.15) is 10.2 Å². The number of rotatable bonds is 6. The van der Waals surface area contributed by atoms with E-state index in [4.69, 9.17) is 0 Å². The van der Waals surface area contributed by atoms with Crippen LogP contribution in [0.25, 0.3) is 0 Å². The topological polar surface area (TPSA) is 204 Å². The van der Waals surface area contributed by atoms with Crippen LogP contribution in [-0.2, 0) is 13.1 Å². The van der Waals surface area contributed by atoms with Gasteiger partial charge in [0.15, 0.2) is 10.1 Å². The summed E-state index contributed by atoms with van der Waals surface area (Å²) in [6.45, 7) is 0.507. The van der Waals surface area contributed by atoms with Crippen LogP contribution in [0.15, 0.2) is 10.2 Å². The van der Waals surface area contributed by atoms with E-state index in [9.17, 15) is 20.2 Å². The highest BCUT2D eigenvalue weighted by Crippen LogP contribution is 1.86. The summed E-state index contributed by atoms with van der Waals surface area (Å²) >= 11 is 0. The minimum absolute atomic E-state index is 0.192. The van der Waals surface area contributed by atoms with Gasteiger partial charge in [0.05, 0.1) is 0 Å². The van der Waals surface area contributed by atoms with Gasteiger partial charge < -0.3 is 0 Å². The summed E-state index contributed by atoms with van der Waals surface area (Å²) in [6, 6.07) is 0. The molecule has 0 spiro atoms. The number of aryl methyl sites for hydroxylation is 2. The van der Waals surface area contributed by atoms with Gasteiger partial charge in [-0.3, -0.25) is 0 Å². The Morgan fingerprint density at radius 3 is 1.76 bits per heavy atom. The van der Waals surface area contributed by atoms with Crippen molar-refractivity contribution in [3.05, 3.63) is 31.5 Å². The van der Waals surface area contributed by atoms with Gasteiger partial charge in [0, 0.05) is 13.1 Å². The number of nitrogens with zero attached hydrogens (tertiary/aromatic N) is 10. The van der Waals surface area contributed by atoms with Crippen LogP contribution in [0.5, 0.6) is 0 Å². The van der Waals surface area contributed by atoms with Gasteiger partial charge in [-0.1, -0.05) is 10.2 Å². The van der Waals surface area contributed by atoms with Crippen molar-refractivity contribution in [3.63, 3.8) is 0 Å². The molecule has 0 bridgehead atoms. The zero-order chi connectivity index (χ0) is 15.2. The van der Waals surface area contributed by atoms with E-state index in [0.717, 1.165) is 0 Å². The third kappa shape index (κ3) is 3.75. The molecular weight excluding hydrogens is 292 g/mol. The molecule has 2 rings (SSSR count). The normalized spacial score (nSPS) is 12.8. The molecular formula is C5H8N12O4. The molecule has 0 atom stereocenters. The summed E-state index contributed by atoms with van der Waals surface area (Å²) in [5.74, 6) is 0. The number of tetrazole rings is 2. The van der Waals surface area contributed by atoms with Gasteiger partial charge in [-0.05, 0) is 16.8 Å². The van der Waals surface area contributed by atoms with Crippen molar-refractivity contribution >= 4 is 0 Å². The summed E-state index contributed by atoms with van der Waals surface area (Å²) in [4.78, 5) is 20.5. The molecule has 2 aromatic rings. The average molecular weight is 300 g/mol. The molecule has 21 heavy (non-hydrogen) atoms. The fraction of sp³-hybridized carbons (Fsp3) is 0.600. The highest BCUT2D eigenvalue weighted by Gasteiger charge is 2.05. The smallest absolute Gasteiger partial charge is 0.233 e. The maximum atomic E-state index is 10.3. The number of aromatic nitrogens is 8. The van der Waals surface area contributed by atoms with Gasteiger partial charge in [-0.2, -0.15) is 10.4 Å². The third-order valence-electron chi connectivity index (χ3n) is 2.20. The Morgan fingerprint density at radius 2 is 1.38 bits per heavy atom. The van der Waals surface area contributed by atoms with Crippen LogP contribution in [0.1, 0.15) is 6.42 Å². The monoisotopic (exact) mass is 300 g/mol. The molecule has 0 saturated heterocycles. The van der Waals surface area contributed by atoms with Crippen LogP contribution in [-0.4, -0.2) is 50.5 Å². The molecule has 0 aromatic carbocycles. The summed E-state index contributed by atoms with van der Waals surface area (Å²) in [5, 5.41) is 43.3. The predicted octanol–water partition coefficient (Wildman–Crippen LogP) is -3.20. The fourth-order valence-electron chi connectivity index (χ4n) is 1.42. The standard InChI is InChI=1S/C5H8N12O4/c18-16(19)8-4-6-10-12-14(4)2-1-3-15-5(7-11-13-15)9-17(20)21/h1-3H2,(H,6,8,12)(H,7,9,13). The quantitative estimate of drug-likeness (QED) is 0.409. The molecule has 0 aliphatic rings. The van der Waals surface area contributed by atoms with Crippen LogP contribution in [0.4, 0.5) is 0 Å². The molecule has 0 unspecified atom stereocenters. The average Bonchev–Trinajstić information content (AvgIpc) is 2.99. The highest BCUT2D eigenvalue weighted by molar-refractivity contribution is 4.52. The van der Waals surface area contributed by atoms with Crippen molar-refractivity contribution in [1.82, 2.24) is 40.4 Å². The maximum absolute atomic E-state index is 10.3. The molecule has 0 fully saturated rings. The Labute approximate surface area is 113 Å². The first kappa shape index (κ1) is 14.0. The van der Waals surface area contributed by atoms with Crippen LogP contribution >= 0.6 is 0 Å². The summed E-state index contributed by atoms with van der Waals surface area (Å²) in [7, 11) is 0. The zero-order valence-electron chi connectivity index (χ0n) is 10.2. The number of nitro groups is 2. The van der Waals surface area contributed by atoms with E-state index in [-0.39, 0.29) is 24.3 Å². The summed E-state index contributed by atoms with van der Waals surface area (Å²) < 4.78 is 2.49. The Kier molecular flexibility index (Phi) is 4.07. The minimum Gasteiger partial charge on any atom is -0.233 e. The van der Waals surface area contributed by atoms with Crippen LogP contribution in [0.3, 0.4) is 0 Å². The lowest BCUT2D eigenvalue weighted by molar-refractivity contribution is -0.491. The Morgan fingerprint density at radius 1 is 0.952 bits per heavy atom. The predicted molar refractivity (Wildman–Crippen MR) is 58.5 cm³/mol. The third-order valence-corrected chi connectivity index (χ3v) is 2.20. The molecule has 0 aliphatic carbocycles. The van der Waals surface area contributed by atoms with E-state index in [2.05, 4.69) is 41.3 Å². The molecule has 0 saturated carbocycles. The second kappa shape index (κ2) is 6.12. The van der Waals surface area contributed by atoms with Crippen LogP contribution in [0.2, 0.25) is 0 Å². The van der Waals surface area contributed by atoms with E-state index in [1.165, 1.54) is 9.36 Å². The largest absolute Gasteiger partial charge is 0.337 e. The molecule has 0 radical (unpaired) electrons. The fourth-order valence-corrected chi connectivity index (χ4v) is 1.42. The van der Waals surface area contributed by atoms with Crippen molar-refractivity contribution in [2.24, 2.45) is 10.2 Å². The minimum atomic E-state index is -0.893.